The number of esters is 1. The first-order valence-corrected chi connectivity index (χ1v) is 14.2. The highest BCUT2D eigenvalue weighted by Crippen LogP contribution is 2.30. The van der Waals surface area contributed by atoms with Gasteiger partial charge in [0.1, 0.15) is 5.82 Å². The number of alkyl halides is 3. The number of fused-ring (bicyclic) bond motifs is 1. The van der Waals surface area contributed by atoms with Gasteiger partial charge >= 0.3 is 17.8 Å². The summed E-state index contributed by atoms with van der Waals surface area (Å²) >= 11 is 0. The number of benzene rings is 1. The van der Waals surface area contributed by atoms with Crippen LogP contribution in [0.1, 0.15) is 63.5 Å². The van der Waals surface area contributed by atoms with Crippen LogP contribution < -0.4 is 11.2 Å². The van der Waals surface area contributed by atoms with Gasteiger partial charge in [-0.2, -0.15) is 18.3 Å². The van der Waals surface area contributed by atoms with Gasteiger partial charge in [0, 0.05) is 19.3 Å². The Morgan fingerprint density at radius 3 is 2.52 bits per heavy atom. The van der Waals surface area contributed by atoms with Crippen LogP contribution in [-0.2, 0) is 42.1 Å². The maximum Gasteiger partial charge on any atom is 0.416 e. The van der Waals surface area contributed by atoms with Crippen molar-refractivity contribution in [3.05, 3.63) is 68.6 Å². The number of carbonyl (C=O) groups excluding carboxylic acids is 1. The highest BCUT2D eigenvalue weighted by molar-refractivity contribution is 5.77. The quantitative estimate of drug-likeness (QED) is 0.261. The molecule has 5 rings (SSSR count). The van der Waals surface area contributed by atoms with E-state index in [1.165, 1.54) is 26.1 Å². The fourth-order valence-electron chi connectivity index (χ4n) is 5.53. The number of carbonyl (C=O) groups is 1. The van der Waals surface area contributed by atoms with Crippen molar-refractivity contribution in [3.8, 4) is 11.4 Å². The highest BCUT2D eigenvalue weighted by atomic mass is 19.4. The molecule has 1 aliphatic carbocycles. The molecule has 0 saturated heterocycles. The van der Waals surface area contributed by atoms with Gasteiger partial charge in [0.05, 0.1) is 29.8 Å². The molecule has 0 bridgehead atoms. The molecule has 3 heterocycles. The molecule has 3 aromatic heterocycles. The van der Waals surface area contributed by atoms with Gasteiger partial charge in [0.2, 0.25) is 0 Å². The number of imidazole rings is 1. The molecule has 0 spiro atoms. The molecule has 0 radical (unpaired) electrons. The van der Waals surface area contributed by atoms with Crippen LogP contribution in [0.15, 0.2) is 46.2 Å². The Kier molecular flexibility index (Phi) is 8.37. The summed E-state index contributed by atoms with van der Waals surface area (Å²) in [5, 5.41) is 4.31. The number of nitrogens with zero attached hydrogens (tertiary/aromatic N) is 6. The van der Waals surface area contributed by atoms with Crippen molar-refractivity contribution in [1.29, 1.82) is 0 Å². The molecular formula is C29H33F3N6O4. The van der Waals surface area contributed by atoms with Gasteiger partial charge in [-0.3, -0.25) is 28.0 Å². The van der Waals surface area contributed by atoms with Crippen molar-refractivity contribution in [3.63, 3.8) is 0 Å². The topological polar surface area (TPSA) is 106 Å². The van der Waals surface area contributed by atoms with Crippen molar-refractivity contribution in [2.45, 2.75) is 84.9 Å². The molecule has 0 atom stereocenters. The van der Waals surface area contributed by atoms with Gasteiger partial charge in [0.15, 0.2) is 17.9 Å². The van der Waals surface area contributed by atoms with Crippen LogP contribution in [0.5, 0.6) is 0 Å². The Balaban J connectivity index is 1.57. The number of hydrogen-bond acceptors (Lipinski definition) is 6. The van der Waals surface area contributed by atoms with Gasteiger partial charge in [-0.1, -0.05) is 38.3 Å². The smallest absolute Gasteiger partial charge is 0.416 e. The Labute approximate surface area is 239 Å². The molecule has 0 aliphatic heterocycles. The first-order chi connectivity index (χ1) is 20.1. The Morgan fingerprint density at radius 1 is 1.07 bits per heavy atom. The third-order valence-corrected chi connectivity index (χ3v) is 7.64. The molecule has 1 fully saturated rings. The fourth-order valence-corrected chi connectivity index (χ4v) is 5.53. The van der Waals surface area contributed by atoms with E-state index in [1.807, 2.05) is 6.92 Å². The van der Waals surface area contributed by atoms with Gasteiger partial charge in [-0.05, 0) is 43.9 Å². The molecule has 1 aliphatic rings. The van der Waals surface area contributed by atoms with Crippen LogP contribution >= 0.6 is 0 Å². The molecule has 1 aromatic carbocycles. The van der Waals surface area contributed by atoms with Crippen LogP contribution in [0.4, 0.5) is 13.2 Å². The third kappa shape index (κ3) is 5.77. The second-order valence-corrected chi connectivity index (χ2v) is 10.6. The summed E-state index contributed by atoms with van der Waals surface area (Å²) in [6.07, 6.45) is 3.65. The van der Waals surface area contributed by atoms with Crippen LogP contribution in [0.3, 0.4) is 0 Å². The van der Waals surface area contributed by atoms with Gasteiger partial charge in [-0.15, -0.1) is 0 Å². The first kappa shape index (κ1) is 29.3. The number of hydrogen-bond donors (Lipinski definition) is 0. The molecule has 1 saturated carbocycles. The normalized spacial score (nSPS) is 14.5. The lowest BCUT2D eigenvalue weighted by molar-refractivity contribution is -0.153. The number of rotatable bonds is 9. The summed E-state index contributed by atoms with van der Waals surface area (Å²) in [7, 11) is 0. The van der Waals surface area contributed by atoms with Crippen molar-refractivity contribution >= 4 is 17.1 Å². The average Bonchev–Trinajstić information content (AvgIpc) is 3.59. The second kappa shape index (κ2) is 12.0. The molecular weight excluding hydrogens is 553 g/mol. The minimum absolute atomic E-state index is 0.0593. The van der Waals surface area contributed by atoms with Gasteiger partial charge in [-0.25, -0.2) is 9.78 Å². The first-order valence-electron chi connectivity index (χ1n) is 14.2. The van der Waals surface area contributed by atoms with Crippen molar-refractivity contribution in [2.75, 3.05) is 0 Å². The maximum atomic E-state index is 13.6. The average molecular weight is 587 g/mol. The predicted molar refractivity (Wildman–Crippen MR) is 149 cm³/mol. The zero-order valence-electron chi connectivity index (χ0n) is 23.6. The lowest BCUT2D eigenvalue weighted by Crippen LogP contribution is -2.40. The van der Waals surface area contributed by atoms with E-state index in [9.17, 15) is 27.6 Å². The number of halogens is 3. The van der Waals surface area contributed by atoms with E-state index < -0.39 is 23.0 Å². The molecule has 0 amide bonds. The zero-order valence-corrected chi connectivity index (χ0v) is 23.6. The Bertz CT molecular complexity index is 1710. The second-order valence-electron chi connectivity index (χ2n) is 10.6. The molecule has 42 heavy (non-hydrogen) atoms. The van der Waals surface area contributed by atoms with E-state index in [0.29, 0.717) is 17.5 Å². The fraction of sp³-hybridized carbons (Fsp3) is 0.483. The summed E-state index contributed by atoms with van der Waals surface area (Å²) in [6, 6.07) is 4.99. The van der Waals surface area contributed by atoms with Crippen LogP contribution in [0.2, 0.25) is 0 Å². The van der Waals surface area contributed by atoms with Crippen molar-refractivity contribution in [1.82, 2.24) is 28.5 Å². The molecule has 4 aromatic rings. The van der Waals surface area contributed by atoms with Gasteiger partial charge < -0.3 is 4.74 Å². The van der Waals surface area contributed by atoms with E-state index in [4.69, 9.17) is 4.74 Å². The summed E-state index contributed by atoms with van der Waals surface area (Å²) in [4.78, 5) is 44.3. The largest absolute Gasteiger partial charge is 0.444 e. The van der Waals surface area contributed by atoms with E-state index in [0.717, 1.165) is 48.8 Å². The van der Waals surface area contributed by atoms with Gasteiger partial charge in [0.25, 0.3) is 5.56 Å². The molecule has 10 nitrogen and oxygen atoms in total. The van der Waals surface area contributed by atoms with E-state index in [2.05, 4.69) is 10.1 Å². The summed E-state index contributed by atoms with van der Waals surface area (Å²) in [5.74, 6) is -0.303. The predicted octanol–water partition coefficient (Wildman–Crippen LogP) is 4.80. The molecule has 224 valence electrons. The van der Waals surface area contributed by atoms with E-state index in [-0.39, 0.29) is 55.2 Å². The lowest BCUT2D eigenvalue weighted by Gasteiger charge is -2.20. The van der Waals surface area contributed by atoms with E-state index >= 15 is 0 Å². The molecule has 13 heteroatoms. The maximum absolute atomic E-state index is 13.6. The summed E-state index contributed by atoms with van der Waals surface area (Å²) < 4.78 is 50.8. The van der Waals surface area contributed by atoms with Crippen molar-refractivity contribution in [2.24, 2.45) is 5.92 Å². The molecule has 0 N–H and O–H groups in total. The zero-order chi connectivity index (χ0) is 30.0. The summed E-state index contributed by atoms with van der Waals surface area (Å²) in [5.41, 5.74) is -0.635. The Morgan fingerprint density at radius 2 is 1.83 bits per heavy atom. The van der Waals surface area contributed by atoms with E-state index in [1.54, 1.807) is 19.2 Å². The van der Waals surface area contributed by atoms with Crippen LogP contribution in [0.25, 0.3) is 22.6 Å². The Hall–Kier alpha value is -4.16. The third-order valence-electron chi connectivity index (χ3n) is 7.64. The number of ether oxygens (including phenoxy) is 1. The minimum atomic E-state index is -4.47. The van der Waals surface area contributed by atoms with Crippen LogP contribution in [0, 0.1) is 5.92 Å². The standard InChI is InChI=1S/C29H33F3N6O4/c1-3-13-37-26(39)23-25(36(4-2)28(37)41)34-24(38(23)18-42-27(40)20-10-6-5-7-11-20)21-15-33-35(17-21)16-19-9-8-12-22(14-19)29(30,31)32/h8-9,12,14-15,17,20H,3-7,10-11,13,16,18H2,1-2H3. The van der Waals surface area contributed by atoms with Crippen LogP contribution in [-0.4, -0.2) is 34.4 Å². The number of aryl methyl sites for hydroxylation is 1. The lowest BCUT2D eigenvalue weighted by atomic mass is 9.89. The highest BCUT2D eigenvalue weighted by Gasteiger charge is 2.30. The minimum Gasteiger partial charge on any atom is -0.444 e. The van der Waals surface area contributed by atoms with Crippen molar-refractivity contribution < 1.29 is 22.7 Å². The number of aromatic nitrogens is 6. The summed E-state index contributed by atoms with van der Waals surface area (Å²) in [6.45, 7) is 3.88. The SMILES string of the molecule is CCCn1c(=O)c2c(nc(-c3cnn(Cc4cccc(C(F)(F)F)c4)c3)n2COC(=O)C2CCCCC2)n(CC)c1=O. The monoisotopic (exact) mass is 586 g/mol. The molecule has 0 unspecified atom stereocenters.